The molecule has 1 saturated heterocycles. The van der Waals surface area contributed by atoms with Crippen LogP contribution in [-0.2, 0) is 0 Å². The number of piperidine rings is 1. The van der Waals surface area contributed by atoms with Crippen LogP contribution in [0.1, 0.15) is 36.5 Å². The van der Waals surface area contributed by atoms with Crippen LogP contribution in [0.25, 0.3) is 0 Å². The topological polar surface area (TPSA) is 82.5 Å². The van der Waals surface area contributed by atoms with Crippen LogP contribution in [0, 0.1) is 0 Å². The van der Waals surface area contributed by atoms with Gasteiger partial charge < -0.3 is 10.4 Å². The van der Waals surface area contributed by atoms with Crippen LogP contribution in [0.15, 0.2) is 24.5 Å². The summed E-state index contributed by atoms with van der Waals surface area (Å²) in [5.74, 6) is -0.302. The molecular formula is C13H17N3O3. The molecule has 0 saturated carbocycles. The van der Waals surface area contributed by atoms with Crippen molar-refractivity contribution in [3.05, 3.63) is 30.1 Å². The molecule has 2 amide bonds. The number of carbonyl (C=O) groups excluding carboxylic acids is 1. The lowest BCUT2D eigenvalue weighted by molar-refractivity contribution is 0.0337. The van der Waals surface area contributed by atoms with Crippen molar-refractivity contribution in [3.63, 3.8) is 0 Å². The fourth-order valence-electron chi connectivity index (χ4n) is 2.37. The van der Waals surface area contributed by atoms with E-state index in [0.29, 0.717) is 18.5 Å². The van der Waals surface area contributed by atoms with Gasteiger partial charge >= 0.3 is 6.09 Å². The number of likely N-dealkylation sites (tertiary alicyclic amines) is 1. The van der Waals surface area contributed by atoms with E-state index in [-0.39, 0.29) is 5.91 Å². The van der Waals surface area contributed by atoms with Gasteiger partial charge in [0.15, 0.2) is 0 Å². The molecule has 6 nitrogen and oxygen atoms in total. The Bertz CT molecular complexity index is 477. The Morgan fingerprint density at radius 3 is 2.89 bits per heavy atom. The number of nitrogens with zero attached hydrogens (tertiary/aromatic N) is 2. The van der Waals surface area contributed by atoms with Crippen molar-refractivity contribution in [2.45, 2.75) is 31.8 Å². The summed E-state index contributed by atoms with van der Waals surface area (Å²) >= 11 is 0. The van der Waals surface area contributed by atoms with Crippen molar-refractivity contribution < 1.29 is 14.7 Å². The van der Waals surface area contributed by atoms with Crippen LogP contribution < -0.4 is 5.32 Å². The molecule has 1 aliphatic rings. The van der Waals surface area contributed by atoms with Crippen LogP contribution in [0.2, 0.25) is 0 Å². The normalized spacial score (nSPS) is 22.9. The third-order valence-electron chi connectivity index (χ3n) is 3.43. The minimum atomic E-state index is -1.01. The SMILES string of the molecule is CC1(NC(=O)c2cccnc2)CCCCN1C(=O)O. The van der Waals surface area contributed by atoms with Crippen LogP contribution in [0.3, 0.4) is 0 Å². The summed E-state index contributed by atoms with van der Waals surface area (Å²) in [5, 5.41) is 12.0. The summed E-state index contributed by atoms with van der Waals surface area (Å²) in [4.78, 5) is 28.5. The molecule has 2 rings (SSSR count). The Balaban J connectivity index is 2.15. The Morgan fingerprint density at radius 2 is 2.26 bits per heavy atom. The van der Waals surface area contributed by atoms with Gasteiger partial charge in [-0.2, -0.15) is 0 Å². The van der Waals surface area contributed by atoms with E-state index in [1.807, 2.05) is 0 Å². The highest BCUT2D eigenvalue weighted by Crippen LogP contribution is 2.25. The molecule has 6 heteroatoms. The average molecular weight is 263 g/mol. The number of hydrogen-bond donors (Lipinski definition) is 2. The molecule has 1 unspecified atom stereocenters. The highest BCUT2D eigenvalue weighted by molar-refractivity contribution is 5.94. The first-order valence-corrected chi connectivity index (χ1v) is 6.26. The number of amides is 2. The first-order chi connectivity index (χ1) is 9.03. The predicted molar refractivity (Wildman–Crippen MR) is 68.7 cm³/mol. The second-order valence-corrected chi connectivity index (χ2v) is 4.86. The van der Waals surface area contributed by atoms with E-state index in [9.17, 15) is 14.7 Å². The fourth-order valence-corrected chi connectivity index (χ4v) is 2.37. The third kappa shape index (κ3) is 2.83. The number of hydrogen-bond acceptors (Lipinski definition) is 3. The minimum absolute atomic E-state index is 0.302. The first-order valence-electron chi connectivity index (χ1n) is 6.26. The standard InChI is InChI=1S/C13H17N3O3/c1-13(6-2-3-8-16(13)12(18)19)15-11(17)10-5-4-7-14-9-10/h4-5,7,9H,2-3,6,8H2,1H3,(H,15,17)(H,18,19). The summed E-state index contributed by atoms with van der Waals surface area (Å²) in [6.07, 6.45) is 4.38. The second-order valence-electron chi connectivity index (χ2n) is 4.86. The third-order valence-corrected chi connectivity index (χ3v) is 3.43. The molecule has 1 fully saturated rings. The molecule has 102 valence electrons. The van der Waals surface area contributed by atoms with Crippen molar-refractivity contribution >= 4 is 12.0 Å². The number of nitrogens with one attached hydrogen (secondary N) is 1. The summed E-state index contributed by atoms with van der Waals surface area (Å²) in [6.45, 7) is 2.19. The van der Waals surface area contributed by atoms with Crippen molar-refractivity contribution in [2.24, 2.45) is 0 Å². The highest BCUT2D eigenvalue weighted by atomic mass is 16.4. The Hall–Kier alpha value is -2.11. The average Bonchev–Trinajstić information content (AvgIpc) is 2.39. The lowest BCUT2D eigenvalue weighted by atomic mass is 9.96. The van der Waals surface area contributed by atoms with Gasteiger partial charge in [-0.3, -0.25) is 14.7 Å². The molecule has 2 N–H and O–H groups in total. The summed E-state index contributed by atoms with van der Waals surface area (Å²) < 4.78 is 0. The molecule has 1 aliphatic heterocycles. The molecule has 1 aromatic rings. The molecule has 0 bridgehead atoms. The molecule has 0 aliphatic carbocycles. The highest BCUT2D eigenvalue weighted by Gasteiger charge is 2.38. The summed E-state index contributed by atoms with van der Waals surface area (Å²) in [5.41, 5.74) is -0.420. The van der Waals surface area contributed by atoms with E-state index < -0.39 is 11.8 Å². The maximum atomic E-state index is 12.1. The molecule has 0 aromatic carbocycles. The molecular weight excluding hydrogens is 246 g/mol. The van der Waals surface area contributed by atoms with Crippen LogP contribution in [-0.4, -0.2) is 39.2 Å². The van der Waals surface area contributed by atoms with E-state index in [0.717, 1.165) is 12.8 Å². The molecule has 1 aromatic heterocycles. The number of pyridine rings is 1. The zero-order valence-electron chi connectivity index (χ0n) is 10.8. The van der Waals surface area contributed by atoms with E-state index in [1.54, 1.807) is 25.3 Å². The lowest BCUT2D eigenvalue weighted by Gasteiger charge is -2.43. The maximum Gasteiger partial charge on any atom is 0.409 e. The number of aromatic nitrogens is 1. The molecule has 1 atom stereocenters. The van der Waals surface area contributed by atoms with E-state index in [1.165, 1.54) is 11.1 Å². The quantitative estimate of drug-likeness (QED) is 0.850. The van der Waals surface area contributed by atoms with Gasteiger partial charge in [0, 0.05) is 18.9 Å². The van der Waals surface area contributed by atoms with Crippen molar-refractivity contribution in [1.29, 1.82) is 0 Å². The largest absolute Gasteiger partial charge is 0.465 e. The van der Waals surface area contributed by atoms with Gasteiger partial charge in [0.1, 0.15) is 5.66 Å². The Morgan fingerprint density at radius 1 is 1.47 bits per heavy atom. The van der Waals surface area contributed by atoms with Gasteiger partial charge in [0.2, 0.25) is 0 Å². The zero-order valence-corrected chi connectivity index (χ0v) is 10.8. The van der Waals surface area contributed by atoms with Gasteiger partial charge in [-0.05, 0) is 38.3 Å². The second kappa shape index (κ2) is 5.26. The monoisotopic (exact) mass is 263 g/mol. The molecule has 0 radical (unpaired) electrons. The smallest absolute Gasteiger partial charge is 0.409 e. The predicted octanol–water partition coefficient (Wildman–Crippen LogP) is 1.69. The Kier molecular flexibility index (Phi) is 3.69. The summed E-state index contributed by atoms with van der Waals surface area (Å²) in [7, 11) is 0. The van der Waals surface area contributed by atoms with Crippen LogP contribution >= 0.6 is 0 Å². The molecule has 19 heavy (non-hydrogen) atoms. The molecule has 0 spiro atoms. The van der Waals surface area contributed by atoms with Gasteiger partial charge in [-0.15, -0.1) is 0 Å². The Labute approximate surface area is 111 Å². The van der Waals surface area contributed by atoms with Crippen molar-refractivity contribution in [3.8, 4) is 0 Å². The van der Waals surface area contributed by atoms with Crippen molar-refractivity contribution in [1.82, 2.24) is 15.2 Å². The minimum Gasteiger partial charge on any atom is -0.465 e. The summed E-state index contributed by atoms with van der Waals surface area (Å²) in [6, 6.07) is 3.33. The number of carbonyl (C=O) groups is 2. The van der Waals surface area contributed by atoms with E-state index in [4.69, 9.17) is 0 Å². The number of carboxylic acid groups (broad SMARTS) is 1. The maximum absolute atomic E-state index is 12.1. The van der Waals surface area contributed by atoms with Crippen LogP contribution in [0.5, 0.6) is 0 Å². The first kappa shape index (κ1) is 13.3. The van der Waals surface area contributed by atoms with Gasteiger partial charge in [0.25, 0.3) is 5.91 Å². The van der Waals surface area contributed by atoms with Crippen molar-refractivity contribution in [2.75, 3.05) is 6.54 Å². The zero-order chi connectivity index (χ0) is 13.9. The van der Waals surface area contributed by atoms with Gasteiger partial charge in [-0.1, -0.05) is 0 Å². The lowest BCUT2D eigenvalue weighted by Crippen LogP contribution is -2.62. The van der Waals surface area contributed by atoms with Gasteiger partial charge in [-0.25, -0.2) is 4.79 Å². The van der Waals surface area contributed by atoms with Crippen LogP contribution in [0.4, 0.5) is 4.79 Å². The fraction of sp³-hybridized carbons (Fsp3) is 0.462. The van der Waals surface area contributed by atoms with Gasteiger partial charge in [0.05, 0.1) is 5.56 Å². The van der Waals surface area contributed by atoms with E-state index >= 15 is 0 Å². The molecule has 2 heterocycles. The van der Waals surface area contributed by atoms with E-state index in [2.05, 4.69) is 10.3 Å². The number of rotatable bonds is 2.